The first-order valence-corrected chi connectivity index (χ1v) is 9.92. The van der Waals surface area contributed by atoms with Gasteiger partial charge < -0.3 is 9.47 Å². The molecular formula is C18H13IN2O2S2. The molecule has 0 saturated carbocycles. The van der Waals surface area contributed by atoms with E-state index in [-0.39, 0.29) is 0 Å². The molecular weight excluding hydrogens is 467 g/mol. The Balaban J connectivity index is 1.92. The van der Waals surface area contributed by atoms with Gasteiger partial charge in [0.25, 0.3) is 0 Å². The van der Waals surface area contributed by atoms with Gasteiger partial charge in [-0.15, -0.1) is 11.3 Å². The molecule has 7 heteroatoms. The molecule has 0 atom stereocenters. The summed E-state index contributed by atoms with van der Waals surface area (Å²) < 4.78 is 13.6. The standard InChI is InChI=1S/C18H13IN2O2S2/c1-22-15-9-11(8-13(19)17(15)23-2)7-12(10-20)24-18-21-14-5-3-4-6-16(14)25-18/h3-9H,1-2H3. The summed E-state index contributed by atoms with van der Waals surface area (Å²) in [7, 11) is 3.21. The molecule has 25 heavy (non-hydrogen) atoms. The van der Waals surface area contributed by atoms with E-state index in [0.29, 0.717) is 16.4 Å². The van der Waals surface area contributed by atoms with Gasteiger partial charge in [-0.25, -0.2) is 4.98 Å². The fourth-order valence-electron chi connectivity index (χ4n) is 2.25. The van der Waals surface area contributed by atoms with Crippen LogP contribution in [0.15, 0.2) is 45.6 Å². The molecule has 1 aromatic heterocycles. The second-order valence-electron chi connectivity index (χ2n) is 4.91. The van der Waals surface area contributed by atoms with Crippen molar-refractivity contribution in [1.29, 1.82) is 5.26 Å². The molecule has 0 N–H and O–H groups in total. The number of aromatic nitrogens is 1. The van der Waals surface area contributed by atoms with Crippen LogP contribution in [0.5, 0.6) is 11.5 Å². The fraction of sp³-hybridized carbons (Fsp3) is 0.111. The van der Waals surface area contributed by atoms with Crippen molar-refractivity contribution in [3.8, 4) is 17.6 Å². The van der Waals surface area contributed by atoms with Crippen LogP contribution in [0.3, 0.4) is 0 Å². The predicted octanol–water partition coefficient (Wildman–Crippen LogP) is 5.57. The minimum atomic E-state index is 0.571. The fourth-order valence-corrected chi connectivity index (χ4v) is 5.07. The van der Waals surface area contributed by atoms with Crippen molar-refractivity contribution in [3.05, 3.63) is 50.4 Å². The first-order valence-electron chi connectivity index (χ1n) is 7.21. The number of para-hydroxylation sites is 1. The SMILES string of the molecule is COc1cc(C=C(C#N)Sc2nc3ccccc3s2)cc(I)c1OC. The predicted molar refractivity (Wildman–Crippen MR) is 111 cm³/mol. The van der Waals surface area contributed by atoms with E-state index in [1.165, 1.54) is 11.8 Å². The van der Waals surface area contributed by atoms with Crippen molar-refractivity contribution >= 4 is 62.0 Å². The van der Waals surface area contributed by atoms with Crippen LogP contribution in [0.25, 0.3) is 16.3 Å². The molecule has 1 heterocycles. The van der Waals surface area contributed by atoms with E-state index in [1.54, 1.807) is 25.6 Å². The van der Waals surface area contributed by atoms with Crippen molar-refractivity contribution < 1.29 is 9.47 Å². The van der Waals surface area contributed by atoms with Gasteiger partial charge in [-0.05, 0) is 70.3 Å². The third kappa shape index (κ3) is 4.08. The Morgan fingerprint density at radius 3 is 2.76 bits per heavy atom. The van der Waals surface area contributed by atoms with Crippen LogP contribution in [0.1, 0.15) is 5.56 Å². The molecule has 0 aliphatic heterocycles. The Morgan fingerprint density at radius 2 is 2.08 bits per heavy atom. The van der Waals surface area contributed by atoms with E-state index in [1.807, 2.05) is 42.5 Å². The van der Waals surface area contributed by atoms with Gasteiger partial charge in [-0.3, -0.25) is 0 Å². The number of benzene rings is 2. The number of fused-ring (bicyclic) bond motifs is 1. The lowest BCUT2D eigenvalue weighted by Gasteiger charge is -2.10. The van der Waals surface area contributed by atoms with Crippen LogP contribution in [0.2, 0.25) is 0 Å². The Hall–Kier alpha value is -1.76. The molecule has 126 valence electrons. The summed E-state index contributed by atoms with van der Waals surface area (Å²) in [5.41, 5.74) is 1.83. The first kappa shape index (κ1) is 18.0. The summed E-state index contributed by atoms with van der Waals surface area (Å²) in [5.74, 6) is 1.33. The molecule has 0 bridgehead atoms. The van der Waals surface area contributed by atoms with E-state index < -0.39 is 0 Å². The van der Waals surface area contributed by atoms with Crippen molar-refractivity contribution in [3.63, 3.8) is 0 Å². The maximum atomic E-state index is 9.50. The van der Waals surface area contributed by atoms with Gasteiger partial charge in [0.2, 0.25) is 0 Å². The zero-order chi connectivity index (χ0) is 17.8. The average molecular weight is 480 g/mol. The lowest BCUT2D eigenvalue weighted by Crippen LogP contribution is -1.94. The minimum Gasteiger partial charge on any atom is -0.493 e. The topological polar surface area (TPSA) is 55.1 Å². The van der Waals surface area contributed by atoms with Gasteiger partial charge in [-0.1, -0.05) is 12.1 Å². The van der Waals surface area contributed by atoms with Crippen molar-refractivity contribution in [2.45, 2.75) is 4.34 Å². The summed E-state index contributed by atoms with van der Waals surface area (Å²) in [4.78, 5) is 5.14. The second-order valence-corrected chi connectivity index (χ2v) is 8.39. The summed E-state index contributed by atoms with van der Waals surface area (Å²) in [6.45, 7) is 0. The number of rotatable bonds is 5. The second kappa shape index (κ2) is 8.08. The van der Waals surface area contributed by atoms with Gasteiger partial charge in [0.05, 0.1) is 32.9 Å². The monoisotopic (exact) mass is 480 g/mol. The number of thioether (sulfide) groups is 1. The molecule has 0 spiro atoms. The van der Waals surface area contributed by atoms with E-state index in [4.69, 9.17) is 9.47 Å². The lowest BCUT2D eigenvalue weighted by molar-refractivity contribution is 0.353. The van der Waals surface area contributed by atoms with Crippen LogP contribution >= 0.6 is 45.7 Å². The van der Waals surface area contributed by atoms with Gasteiger partial charge in [-0.2, -0.15) is 5.26 Å². The highest BCUT2D eigenvalue weighted by Crippen LogP contribution is 2.37. The Morgan fingerprint density at radius 1 is 1.28 bits per heavy atom. The number of nitriles is 1. The van der Waals surface area contributed by atoms with E-state index in [2.05, 4.69) is 33.6 Å². The van der Waals surface area contributed by atoms with Gasteiger partial charge in [0.1, 0.15) is 6.07 Å². The van der Waals surface area contributed by atoms with Crippen LogP contribution < -0.4 is 9.47 Å². The van der Waals surface area contributed by atoms with Crippen molar-refractivity contribution in [2.24, 2.45) is 0 Å². The number of hydrogen-bond acceptors (Lipinski definition) is 6. The molecule has 4 nitrogen and oxygen atoms in total. The highest BCUT2D eigenvalue weighted by Gasteiger charge is 2.11. The first-order chi connectivity index (χ1) is 12.1. The van der Waals surface area contributed by atoms with Gasteiger partial charge in [0.15, 0.2) is 15.8 Å². The minimum absolute atomic E-state index is 0.571. The Bertz CT molecular complexity index is 959. The Labute approximate surface area is 167 Å². The molecule has 0 radical (unpaired) electrons. The van der Waals surface area contributed by atoms with Gasteiger partial charge >= 0.3 is 0 Å². The molecule has 0 unspecified atom stereocenters. The zero-order valence-corrected chi connectivity index (χ0v) is 17.2. The van der Waals surface area contributed by atoms with Crippen LogP contribution in [0.4, 0.5) is 0 Å². The maximum absolute atomic E-state index is 9.50. The normalized spacial score (nSPS) is 11.4. The number of ether oxygens (including phenoxy) is 2. The summed E-state index contributed by atoms with van der Waals surface area (Å²) in [6.07, 6.45) is 1.83. The van der Waals surface area contributed by atoms with E-state index in [9.17, 15) is 5.26 Å². The Kier molecular flexibility index (Phi) is 5.83. The molecule has 0 saturated heterocycles. The van der Waals surface area contributed by atoms with Crippen LogP contribution in [0, 0.1) is 14.9 Å². The highest BCUT2D eigenvalue weighted by atomic mass is 127. The lowest BCUT2D eigenvalue weighted by atomic mass is 10.2. The molecule has 0 fully saturated rings. The number of allylic oxidation sites excluding steroid dienone is 1. The maximum Gasteiger partial charge on any atom is 0.174 e. The smallest absolute Gasteiger partial charge is 0.174 e. The number of nitrogens with zero attached hydrogens (tertiary/aromatic N) is 2. The summed E-state index contributed by atoms with van der Waals surface area (Å²) in [5, 5.41) is 9.50. The highest BCUT2D eigenvalue weighted by molar-refractivity contribution is 14.1. The quantitative estimate of drug-likeness (QED) is 0.271. The van der Waals surface area contributed by atoms with Crippen LogP contribution in [-0.2, 0) is 0 Å². The molecule has 3 aromatic rings. The average Bonchev–Trinajstić information content (AvgIpc) is 3.02. The summed E-state index contributed by atoms with van der Waals surface area (Å²) >= 11 is 5.15. The number of hydrogen-bond donors (Lipinski definition) is 0. The molecule has 2 aromatic carbocycles. The zero-order valence-electron chi connectivity index (χ0n) is 13.4. The van der Waals surface area contributed by atoms with Gasteiger partial charge in [0, 0.05) is 0 Å². The molecule has 0 aliphatic carbocycles. The molecule has 0 aliphatic rings. The number of halogens is 1. The number of thiazole rings is 1. The molecule has 3 rings (SSSR count). The number of methoxy groups -OCH3 is 2. The molecule has 0 amide bonds. The third-order valence-corrected chi connectivity index (χ3v) is 6.16. The van der Waals surface area contributed by atoms with E-state index >= 15 is 0 Å². The van der Waals surface area contributed by atoms with E-state index in [0.717, 1.165) is 23.7 Å². The third-order valence-electron chi connectivity index (χ3n) is 3.34. The summed E-state index contributed by atoms with van der Waals surface area (Å²) in [6, 6.07) is 14.0. The van der Waals surface area contributed by atoms with Crippen molar-refractivity contribution in [1.82, 2.24) is 4.98 Å². The largest absolute Gasteiger partial charge is 0.493 e. The van der Waals surface area contributed by atoms with Crippen molar-refractivity contribution in [2.75, 3.05) is 14.2 Å². The van der Waals surface area contributed by atoms with Crippen LogP contribution in [-0.4, -0.2) is 19.2 Å².